The molecule has 24 heavy (non-hydrogen) atoms. The van der Waals surface area contributed by atoms with Gasteiger partial charge in [0.1, 0.15) is 5.01 Å². The maximum atomic E-state index is 12.1. The molecule has 1 saturated heterocycles. The third-order valence-corrected chi connectivity index (χ3v) is 4.53. The molecule has 0 bridgehead atoms. The average Bonchev–Trinajstić information content (AvgIpc) is 3.22. The van der Waals surface area contributed by atoms with Crippen molar-refractivity contribution in [2.75, 3.05) is 11.4 Å². The van der Waals surface area contributed by atoms with Gasteiger partial charge in [-0.3, -0.25) is 9.59 Å². The van der Waals surface area contributed by atoms with Crippen LogP contribution in [0.5, 0.6) is 0 Å². The summed E-state index contributed by atoms with van der Waals surface area (Å²) >= 11 is 1.18. The minimum atomic E-state index is -1.09. The van der Waals surface area contributed by atoms with Gasteiger partial charge in [-0.15, -0.1) is 11.3 Å². The Morgan fingerprint density at radius 1 is 1.29 bits per heavy atom. The number of carbonyl (C=O) groups is 3. The lowest BCUT2D eigenvalue weighted by Gasteiger charge is -2.15. The fraction of sp³-hybridized carbons (Fsp3) is 0.250. The zero-order valence-corrected chi connectivity index (χ0v) is 13.5. The van der Waals surface area contributed by atoms with E-state index in [4.69, 9.17) is 5.11 Å². The molecule has 2 heterocycles. The SMILES string of the molecule is O=C(NCc1nc(C(=O)O)cs1)c1ccc(N2CCCC2=O)cc1. The molecule has 8 heteroatoms. The molecule has 0 spiro atoms. The highest BCUT2D eigenvalue weighted by molar-refractivity contribution is 7.09. The Hall–Kier alpha value is -2.74. The summed E-state index contributed by atoms with van der Waals surface area (Å²) in [6.07, 6.45) is 1.42. The van der Waals surface area contributed by atoms with E-state index in [1.165, 1.54) is 16.7 Å². The van der Waals surface area contributed by atoms with E-state index in [-0.39, 0.29) is 24.1 Å². The van der Waals surface area contributed by atoms with Gasteiger partial charge >= 0.3 is 5.97 Å². The van der Waals surface area contributed by atoms with Crippen LogP contribution in [0.3, 0.4) is 0 Å². The van der Waals surface area contributed by atoms with Crippen LogP contribution in [0.25, 0.3) is 0 Å². The number of hydrogen-bond donors (Lipinski definition) is 2. The third kappa shape index (κ3) is 3.43. The van der Waals surface area contributed by atoms with Crippen LogP contribution in [0.4, 0.5) is 5.69 Å². The minimum absolute atomic E-state index is 0.0242. The van der Waals surface area contributed by atoms with E-state index in [0.717, 1.165) is 12.1 Å². The summed E-state index contributed by atoms with van der Waals surface area (Å²) in [5, 5.41) is 13.5. The number of carbonyl (C=O) groups excluding carboxylic acids is 2. The Morgan fingerprint density at radius 3 is 2.62 bits per heavy atom. The van der Waals surface area contributed by atoms with E-state index in [0.29, 0.717) is 23.5 Å². The molecule has 0 radical (unpaired) electrons. The molecule has 2 amide bonds. The van der Waals surface area contributed by atoms with Crippen LogP contribution in [0.1, 0.15) is 38.7 Å². The predicted molar refractivity (Wildman–Crippen MR) is 88.3 cm³/mol. The molecule has 0 saturated carbocycles. The fourth-order valence-corrected chi connectivity index (χ4v) is 3.17. The van der Waals surface area contributed by atoms with Crippen LogP contribution in [0, 0.1) is 0 Å². The number of aromatic carboxylic acids is 1. The lowest BCUT2D eigenvalue weighted by Crippen LogP contribution is -2.25. The van der Waals surface area contributed by atoms with Gasteiger partial charge in [0.15, 0.2) is 5.69 Å². The van der Waals surface area contributed by atoms with Crippen molar-refractivity contribution in [1.29, 1.82) is 0 Å². The Kier molecular flexibility index (Phi) is 4.57. The smallest absolute Gasteiger partial charge is 0.355 e. The van der Waals surface area contributed by atoms with Gasteiger partial charge in [-0.05, 0) is 30.7 Å². The number of thiazole rings is 1. The number of hydrogen-bond acceptors (Lipinski definition) is 5. The number of aromatic nitrogens is 1. The number of anilines is 1. The number of carboxylic acid groups (broad SMARTS) is 1. The zero-order valence-electron chi connectivity index (χ0n) is 12.7. The van der Waals surface area contributed by atoms with E-state index in [2.05, 4.69) is 10.3 Å². The van der Waals surface area contributed by atoms with Crippen LogP contribution >= 0.6 is 11.3 Å². The molecular formula is C16H15N3O4S. The van der Waals surface area contributed by atoms with Crippen molar-refractivity contribution >= 4 is 34.8 Å². The van der Waals surface area contributed by atoms with Crippen LogP contribution < -0.4 is 10.2 Å². The summed E-state index contributed by atoms with van der Waals surface area (Å²) in [4.78, 5) is 40.2. The van der Waals surface area contributed by atoms with Crippen molar-refractivity contribution in [3.05, 3.63) is 45.9 Å². The second-order valence-corrected chi connectivity index (χ2v) is 6.25. The van der Waals surface area contributed by atoms with Crippen molar-refractivity contribution in [3.63, 3.8) is 0 Å². The van der Waals surface area contributed by atoms with Gasteiger partial charge in [-0.1, -0.05) is 0 Å². The lowest BCUT2D eigenvalue weighted by molar-refractivity contribution is -0.117. The maximum Gasteiger partial charge on any atom is 0.355 e. The van der Waals surface area contributed by atoms with E-state index < -0.39 is 5.97 Å². The van der Waals surface area contributed by atoms with E-state index in [1.54, 1.807) is 29.2 Å². The molecule has 1 aliphatic rings. The van der Waals surface area contributed by atoms with Crippen molar-refractivity contribution in [2.24, 2.45) is 0 Å². The largest absolute Gasteiger partial charge is 0.476 e. The van der Waals surface area contributed by atoms with Gasteiger partial charge in [0.05, 0.1) is 6.54 Å². The molecule has 0 unspecified atom stereocenters. The van der Waals surface area contributed by atoms with Gasteiger partial charge < -0.3 is 15.3 Å². The number of rotatable bonds is 5. The van der Waals surface area contributed by atoms with Gasteiger partial charge in [-0.2, -0.15) is 0 Å². The van der Waals surface area contributed by atoms with Gasteiger partial charge in [-0.25, -0.2) is 9.78 Å². The van der Waals surface area contributed by atoms with Crippen LogP contribution in [-0.2, 0) is 11.3 Å². The van der Waals surface area contributed by atoms with Gasteiger partial charge in [0.2, 0.25) is 5.91 Å². The Morgan fingerprint density at radius 2 is 2.04 bits per heavy atom. The Bertz CT molecular complexity index is 785. The van der Waals surface area contributed by atoms with Crippen LogP contribution in [0.15, 0.2) is 29.6 Å². The molecule has 124 valence electrons. The van der Waals surface area contributed by atoms with Crippen molar-refractivity contribution in [1.82, 2.24) is 10.3 Å². The number of benzene rings is 1. The van der Waals surface area contributed by atoms with Gasteiger partial charge in [0.25, 0.3) is 5.91 Å². The molecule has 1 fully saturated rings. The number of carboxylic acids is 1. The molecule has 0 atom stereocenters. The van der Waals surface area contributed by atoms with Crippen LogP contribution in [-0.4, -0.2) is 34.4 Å². The third-order valence-electron chi connectivity index (χ3n) is 3.69. The number of nitrogens with one attached hydrogen (secondary N) is 1. The quantitative estimate of drug-likeness (QED) is 0.862. The first-order chi connectivity index (χ1) is 11.5. The molecule has 2 aromatic rings. The fourth-order valence-electron chi connectivity index (χ4n) is 2.46. The number of nitrogens with zero attached hydrogens (tertiary/aromatic N) is 2. The highest BCUT2D eigenvalue weighted by Gasteiger charge is 2.21. The van der Waals surface area contributed by atoms with Crippen molar-refractivity contribution < 1.29 is 19.5 Å². The lowest BCUT2D eigenvalue weighted by atomic mass is 10.2. The number of amides is 2. The highest BCUT2D eigenvalue weighted by Crippen LogP contribution is 2.21. The standard InChI is InChI=1S/C16H15N3O4S/c20-14-2-1-7-19(14)11-5-3-10(4-6-11)15(21)17-8-13-18-12(9-24-13)16(22)23/h3-6,9H,1-2,7-8H2,(H,17,21)(H,22,23). The Labute approximate surface area is 141 Å². The topological polar surface area (TPSA) is 99.6 Å². The molecule has 1 aromatic carbocycles. The molecule has 7 nitrogen and oxygen atoms in total. The summed E-state index contributed by atoms with van der Waals surface area (Å²) in [7, 11) is 0. The van der Waals surface area contributed by atoms with E-state index in [9.17, 15) is 14.4 Å². The normalized spacial score (nSPS) is 14.0. The first kappa shape index (κ1) is 16.1. The predicted octanol–water partition coefficient (Wildman–Crippen LogP) is 1.90. The van der Waals surface area contributed by atoms with E-state index in [1.807, 2.05) is 0 Å². The summed E-state index contributed by atoms with van der Waals surface area (Å²) in [5.74, 6) is -1.26. The minimum Gasteiger partial charge on any atom is -0.476 e. The van der Waals surface area contributed by atoms with Crippen LogP contribution in [0.2, 0.25) is 0 Å². The molecule has 1 aliphatic heterocycles. The van der Waals surface area contributed by atoms with Crippen molar-refractivity contribution in [2.45, 2.75) is 19.4 Å². The highest BCUT2D eigenvalue weighted by atomic mass is 32.1. The second-order valence-electron chi connectivity index (χ2n) is 5.31. The van der Waals surface area contributed by atoms with E-state index >= 15 is 0 Å². The molecule has 1 aromatic heterocycles. The first-order valence-corrected chi connectivity index (χ1v) is 8.29. The molecular weight excluding hydrogens is 330 g/mol. The zero-order chi connectivity index (χ0) is 17.1. The summed E-state index contributed by atoms with van der Waals surface area (Å²) in [6, 6.07) is 6.84. The molecule has 2 N–H and O–H groups in total. The van der Waals surface area contributed by atoms with Crippen molar-refractivity contribution in [3.8, 4) is 0 Å². The molecule has 0 aliphatic carbocycles. The second kappa shape index (κ2) is 6.79. The maximum absolute atomic E-state index is 12.1. The molecule has 3 rings (SSSR count). The Balaban J connectivity index is 1.60. The summed E-state index contributed by atoms with van der Waals surface area (Å²) in [5.41, 5.74) is 1.24. The summed E-state index contributed by atoms with van der Waals surface area (Å²) < 4.78 is 0. The average molecular weight is 345 g/mol. The summed E-state index contributed by atoms with van der Waals surface area (Å²) in [6.45, 7) is 0.878. The first-order valence-electron chi connectivity index (χ1n) is 7.41. The monoisotopic (exact) mass is 345 g/mol. The van der Waals surface area contributed by atoms with Gasteiger partial charge in [0, 0.05) is 29.6 Å².